The SMILES string of the molecule is CC1(C)C(N)C(C)(C)C1Oc1ccccc1C#N. The second-order valence-corrected chi connectivity index (χ2v) is 6.23. The van der Waals surface area contributed by atoms with Crippen molar-refractivity contribution in [3.63, 3.8) is 0 Å². The van der Waals surface area contributed by atoms with Gasteiger partial charge in [-0.05, 0) is 12.1 Å². The minimum absolute atomic E-state index is 0.0227. The summed E-state index contributed by atoms with van der Waals surface area (Å²) in [6.45, 7) is 8.45. The highest BCUT2D eigenvalue weighted by molar-refractivity contribution is 5.43. The molecule has 0 saturated heterocycles. The first kappa shape index (κ1) is 12.9. The molecule has 2 N–H and O–H groups in total. The van der Waals surface area contributed by atoms with Gasteiger partial charge in [0.25, 0.3) is 0 Å². The molecule has 0 aliphatic heterocycles. The van der Waals surface area contributed by atoms with Gasteiger partial charge in [-0.2, -0.15) is 5.26 Å². The Morgan fingerprint density at radius 3 is 2.28 bits per heavy atom. The minimum Gasteiger partial charge on any atom is -0.488 e. The number of rotatable bonds is 2. The van der Waals surface area contributed by atoms with Gasteiger partial charge in [-0.25, -0.2) is 0 Å². The molecule has 1 fully saturated rings. The van der Waals surface area contributed by atoms with Gasteiger partial charge < -0.3 is 10.5 Å². The Labute approximate surface area is 109 Å². The fraction of sp³-hybridized carbons (Fsp3) is 0.533. The second-order valence-electron chi connectivity index (χ2n) is 6.23. The number of hydrogen-bond acceptors (Lipinski definition) is 3. The highest BCUT2D eigenvalue weighted by Crippen LogP contribution is 2.54. The highest BCUT2D eigenvalue weighted by atomic mass is 16.5. The number of nitrogens with zero attached hydrogens (tertiary/aromatic N) is 1. The van der Waals surface area contributed by atoms with Crippen molar-refractivity contribution in [3.8, 4) is 11.8 Å². The summed E-state index contributed by atoms with van der Waals surface area (Å²) >= 11 is 0. The molecule has 1 saturated carbocycles. The van der Waals surface area contributed by atoms with Gasteiger partial charge in [0.15, 0.2) is 0 Å². The zero-order valence-corrected chi connectivity index (χ0v) is 11.4. The Balaban J connectivity index is 2.28. The van der Waals surface area contributed by atoms with Crippen LogP contribution in [0.4, 0.5) is 0 Å². The van der Waals surface area contributed by atoms with E-state index in [1.807, 2.05) is 18.2 Å². The molecule has 1 aliphatic carbocycles. The lowest BCUT2D eigenvalue weighted by molar-refractivity contribution is -0.155. The van der Waals surface area contributed by atoms with Crippen LogP contribution in [-0.4, -0.2) is 12.1 Å². The monoisotopic (exact) mass is 244 g/mol. The Morgan fingerprint density at radius 1 is 1.17 bits per heavy atom. The molecule has 0 aromatic heterocycles. The lowest BCUT2D eigenvalue weighted by Crippen LogP contribution is -2.73. The van der Waals surface area contributed by atoms with E-state index in [0.717, 1.165) is 0 Å². The molecule has 1 aliphatic rings. The van der Waals surface area contributed by atoms with Gasteiger partial charge in [-0.3, -0.25) is 0 Å². The van der Waals surface area contributed by atoms with Crippen molar-refractivity contribution in [1.29, 1.82) is 5.26 Å². The molecule has 0 amide bonds. The van der Waals surface area contributed by atoms with Crippen molar-refractivity contribution in [1.82, 2.24) is 0 Å². The van der Waals surface area contributed by atoms with Crippen LogP contribution in [0.2, 0.25) is 0 Å². The summed E-state index contributed by atoms with van der Waals surface area (Å²) in [5, 5.41) is 9.08. The van der Waals surface area contributed by atoms with Gasteiger partial charge in [0.05, 0.1) is 5.56 Å². The third kappa shape index (κ3) is 1.69. The third-order valence-corrected chi connectivity index (χ3v) is 4.21. The van der Waals surface area contributed by atoms with Crippen molar-refractivity contribution >= 4 is 0 Å². The van der Waals surface area contributed by atoms with E-state index in [0.29, 0.717) is 11.3 Å². The first-order valence-corrected chi connectivity index (χ1v) is 6.23. The van der Waals surface area contributed by atoms with Crippen molar-refractivity contribution in [3.05, 3.63) is 29.8 Å². The van der Waals surface area contributed by atoms with Crippen LogP contribution in [-0.2, 0) is 0 Å². The van der Waals surface area contributed by atoms with E-state index in [1.54, 1.807) is 6.07 Å². The summed E-state index contributed by atoms with van der Waals surface area (Å²) < 4.78 is 6.07. The average Bonchev–Trinajstić information content (AvgIpc) is 2.35. The van der Waals surface area contributed by atoms with Crippen LogP contribution < -0.4 is 10.5 Å². The molecule has 2 rings (SSSR count). The Bertz CT molecular complexity index is 483. The molecular weight excluding hydrogens is 224 g/mol. The molecule has 96 valence electrons. The number of nitrogens with two attached hydrogens (primary N) is 1. The number of para-hydroxylation sites is 1. The molecular formula is C15H20N2O. The normalized spacial score (nSPS) is 28.0. The van der Waals surface area contributed by atoms with Gasteiger partial charge >= 0.3 is 0 Å². The number of ether oxygens (including phenoxy) is 1. The van der Waals surface area contributed by atoms with E-state index in [4.69, 9.17) is 15.7 Å². The maximum atomic E-state index is 9.08. The minimum atomic E-state index is -0.0773. The van der Waals surface area contributed by atoms with Crippen molar-refractivity contribution in [2.45, 2.75) is 39.8 Å². The lowest BCUT2D eigenvalue weighted by Gasteiger charge is -2.61. The molecule has 0 heterocycles. The van der Waals surface area contributed by atoms with E-state index in [1.165, 1.54) is 0 Å². The number of nitriles is 1. The Hall–Kier alpha value is -1.53. The molecule has 3 heteroatoms. The standard InChI is InChI=1S/C15H20N2O/c1-14(2)12(17)15(3,4)13(14)18-11-8-6-5-7-10(11)9-16/h5-8,12-13H,17H2,1-4H3. The quantitative estimate of drug-likeness (QED) is 0.870. The van der Waals surface area contributed by atoms with E-state index in [9.17, 15) is 0 Å². The predicted octanol–water partition coefficient (Wildman–Crippen LogP) is 2.70. The van der Waals surface area contributed by atoms with Gasteiger partial charge in [0.2, 0.25) is 0 Å². The summed E-state index contributed by atoms with van der Waals surface area (Å²) in [7, 11) is 0. The highest BCUT2D eigenvalue weighted by Gasteiger charge is 2.61. The summed E-state index contributed by atoms with van der Waals surface area (Å²) in [5.74, 6) is 0.651. The van der Waals surface area contributed by atoms with Crippen LogP contribution >= 0.6 is 0 Å². The molecule has 0 bridgehead atoms. The predicted molar refractivity (Wildman–Crippen MR) is 71.1 cm³/mol. The molecule has 18 heavy (non-hydrogen) atoms. The van der Waals surface area contributed by atoms with E-state index >= 15 is 0 Å². The van der Waals surface area contributed by atoms with Crippen LogP contribution in [0.3, 0.4) is 0 Å². The third-order valence-electron chi connectivity index (χ3n) is 4.21. The van der Waals surface area contributed by atoms with Gasteiger partial charge in [0.1, 0.15) is 17.9 Å². The van der Waals surface area contributed by atoms with Crippen molar-refractivity contribution in [2.75, 3.05) is 0 Å². The van der Waals surface area contributed by atoms with Crippen LogP contribution in [0.1, 0.15) is 33.3 Å². The fourth-order valence-electron chi connectivity index (χ4n) is 3.24. The van der Waals surface area contributed by atoms with E-state index in [2.05, 4.69) is 33.8 Å². The first-order chi connectivity index (χ1) is 8.31. The largest absolute Gasteiger partial charge is 0.488 e. The fourth-order valence-corrected chi connectivity index (χ4v) is 3.24. The topological polar surface area (TPSA) is 59.0 Å². The van der Waals surface area contributed by atoms with Crippen molar-refractivity contribution < 1.29 is 4.74 Å². The van der Waals surface area contributed by atoms with E-state index in [-0.39, 0.29) is 23.0 Å². The van der Waals surface area contributed by atoms with Crippen LogP contribution in [0, 0.1) is 22.2 Å². The molecule has 3 nitrogen and oxygen atoms in total. The lowest BCUT2D eigenvalue weighted by atomic mass is 9.50. The molecule has 0 radical (unpaired) electrons. The van der Waals surface area contributed by atoms with Gasteiger partial charge in [-0.15, -0.1) is 0 Å². The zero-order chi connectivity index (χ0) is 13.6. The van der Waals surface area contributed by atoms with Crippen LogP contribution in [0.15, 0.2) is 24.3 Å². The number of hydrogen-bond donors (Lipinski definition) is 1. The first-order valence-electron chi connectivity index (χ1n) is 6.23. The van der Waals surface area contributed by atoms with Crippen LogP contribution in [0.5, 0.6) is 5.75 Å². The average molecular weight is 244 g/mol. The second kappa shape index (κ2) is 4.00. The maximum Gasteiger partial charge on any atom is 0.137 e. The smallest absolute Gasteiger partial charge is 0.137 e. The number of benzene rings is 1. The van der Waals surface area contributed by atoms with Gasteiger partial charge in [-0.1, -0.05) is 39.8 Å². The summed E-state index contributed by atoms with van der Waals surface area (Å²) in [6, 6.07) is 9.60. The molecule has 1 aromatic rings. The van der Waals surface area contributed by atoms with E-state index < -0.39 is 0 Å². The summed E-state index contributed by atoms with van der Waals surface area (Å²) in [6.07, 6.45) is 0.0227. The Kier molecular flexibility index (Phi) is 2.87. The zero-order valence-electron chi connectivity index (χ0n) is 11.4. The maximum absolute atomic E-state index is 9.08. The molecule has 0 atom stereocenters. The van der Waals surface area contributed by atoms with Gasteiger partial charge in [0, 0.05) is 16.9 Å². The molecule has 0 spiro atoms. The summed E-state index contributed by atoms with van der Waals surface area (Å²) in [4.78, 5) is 0. The van der Waals surface area contributed by atoms with Crippen LogP contribution in [0.25, 0.3) is 0 Å². The molecule has 1 aromatic carbocycles. The summed E-state index contributed by atoms with van der Waals surface area (Å²) in [5.41, 5.74) is 6.62. The molecule has 0 unspecified atom stereocenters. The Morgan fingerprint density at radius 2 is 1.72 bits per heavy atom. The van der Waals surface area contributed by atoms with Crippen molar-refractivity contribution in [2.24, 2.45) is 16.6 Å².